The number of aromatic nitrogens is 1. The summed E-state index contributed by atoms with van der Waals surface area (Å²) in [5, 5.41) is -0.0503. The van der Waals surface area contributed by atoms with Crippen LogP contribution in [-0.4, -0.2) is 18.0 Å². The zero-order valence-electron chi connectivity index (χ0n) is 7.16. The number of H-pyrrole nitrogens is 1. The number of hydrogen-bond donors (Lipinski definition) is 2. The topological polar surface area (TPSA) is 70.2 Å². The first kappa shape index (κ1) is 10.4. The molecule has 0 saturated carbocycles. The lowest BCUT2D eigenvalue weighted by Gasteiger charge is -1.97. The number of nitrogens with one attached hydrogen (secondary N) is 1. The van der Waals surface area contributed by atoms with Crippen LogP contribution in [0.3, 0.4) is 0 Å². The number of rotatable bonds is 1. The van der Waals surface area contributed by atoms with Gasteiger partial charge in [-0.3, -0.25) is 4.55 Å². The van der Waals surface area contributed by atoms with E-state index in [0.29, 0.717) is 0 Å². The molecule has 0 unspecified atom stereocenters. The van der Waals surface area contributed by atoms with Crippen LogP contribution in [0.5, 0.6) is 0 Å². The molecular weight excluding hydrogens is 245 g/mol. The molecule has 0 atom stereocenters. The molecular formula is C8H5ClFNO3S. The second-order valence-electron chi connectivity index (χ2n) is 2.91. The van der Waals surface area contributed by atoms with Crippen LogP contribution in [-0.2, 0) is 10.1 Å². The molecule has 1 heterocycles. The van der Waals surface area contributed by atoms with Crippen LogP contribution in [0.25, 0.3) is 10.9 Å². The van der Waals surface area contributed by atoms with E-state index >= 15 is 0 Å². The zero-order chi connectivity index (χ0) is 11.2. The van der Waals surface area contributed by atoms with Crippen molar-refractivity contribution in [2.75, 3.05) is 0 Å². The molecule has 0 spiro atoms. The van der Waals surface area contributed by atoms with Gasteiger partial charge >= 0.3 is 0 Å². The maximum atomic E-state index is 13.4. The molecule has 1 aromatic heterocycles. The highest BCUT2D eigenvalue weighted by Crippen LogP contribution is 2.28. The Labute approximate surface area is 89.4 Å². The smallest absolute Gasteiger partial charge is 0.296 e. The molecule has 0 saturated heterocycles. The van der Waals surface area contributed by atoms with Crippen LogP contribution in [0, 0.1) is 5.82 Å². The molecule has 0 fully saturated rings. The van der Waals surface area contributed by atoms with Gasteiger partial charge in [-0.2, -0.15) is 8.42 Å². The van der Waals surface area contributed by atoms with E-state index in [1.165, 1.54) is 12.1 Å². The summed E-state index contributed by atoms with van der Waals surface area (Å²) in [7, 11) is -4.36. The molecule has 80 valence electrons. The second kappa shape index (κ2) is 3.19. The Morgan fingerprint density at radius 2 is 2.07 bits per heavy atom. The third kappa shape index (κ3) is 1.60. The average molecular weight is 250 g/mol. The van der Waals surface area contributed by atoms with Crippen molar-refractivity contribution in [1.29, 1.82) is 0 Å². The molecule has 4 nitrogen and oxygen atoms in total. The van der Waals surface area contributed by atoms with E-state index in [0.717, 1.165) is 6.20 Å². The van der Waals surface area contributed by atoms with Crippen molar-refractivity contribution in [2.24, 2.45) is 0 Å². The molecule has 2 N–H and O–H groups in total. The molecule has 0 bridgehead atoms. The normalized spacial score (nSPS) is 12.2. The lowest BCUT2D eigenvalue weighted by Crippen LogP contribution is -1.96. The van der Waals surface area contributed by atoms with Crippen LogP contribution in [0.15, 0.2) is 23.2 Å². The van der Waals surface area contributed by atoms with Gasteiger partial charge in [0.05, 0.1) is 10.5 Å². The third-order valence-corrected chi connectivity index (χ3v) is 3.17. The van der Waals surface area contributed by atoms with E-state index in [1.54, 1.807) is 0 Å². The number of benzene rings is 1. The van der Waals surface area contributed by atoms with E-state index in [9.17, 15) is 12.8 Å². The van der Waals surface area contributed by atoms with E-state index in [1.807, 2.05) is 0 Å². The maximum absolute atomic E-state index is 13.4. The van der Waals surface area contributed by atoms with Crippen molar-refractivity contribution in [3.05, 3.63) is 29.2 Å². The standard InChI is InChI=1S/C8H5ClFNO3S/c9-5-2-1-4-6(15(12,13)14)3-11-8(4)7(5)10/h1-3,11H,(H,12,13,14). The highest BCUT2D eigenvalue weighted by atomic mass is 35.5. The van der Waals surface area contributed by atoms with Gasteiger partial charge < -0.3 is 4.98 Å². The second-order valence-corrected chi connectivity index (χ2v) is 4.71. The van der Waals surface area contributed by atoms with Crippen molar-refractivity contribution in [3.63, 3.8) is 0 Å². The van der Waals surface area contributed by atoms with Crippen LogP contribution >= 0.6 is 11.6 Å². The van der Waals surface area contributed by atoms with Crippen molar-refractivity contribution >= 4 is 32.6 Å². The first-order chi connectivity index (χ1) is 6.91. The van der Waals surface area contributed by atoms with E-state index < -0.39 is 15.9 Å². The monoisotopic (exact) mass is 249 g/mol. The Morgan fingerprint density at radius 1 is 1.40 bits per heavy atom. The number of hydrogen-bond acceptors (Lipinski definition) is 2. The summed E-state index contributed by atoms with van der Waals surface area (Å²) >= 11 is 5.50. The quantitative estimate of drug-likeness (QED) is 0.761. The Kier molecular flexibility index (Phi) is 2.22. The molecule has 0 aliphatic carbocycles. The summed E-state index contributed by atoms with van der Waals surface area (Å²) < 4.78 is 44.0. The van der Waals surface area contributed by atoms with Gasteiger partial charge in [-0.1, -0.05) is 11.6 Å². The molecule has 0 amide bonds. The van der Waals surface area contributed by atoms with Gasteiger partial charge in [0.1, 0.15) is 4.90 Å². The largest absolute Gasteiger partial charge is 0.357 e. The number of aromatic amines is 1. The lowest BCUT2D eigenvalue weighted by molar-refractivity contribution is 0.484. The molecule has 0 aliphatic heterocycles. The molecule has 1 aromatic carbocycles. The van der Waals surface area contributed by atoms with Gasteiger partial charge in [-0.15, -0.1) is 0 Å². The SMILES string of the molecule is O=S(=O)(O)c1c[nH]c2c(F)c(Cl)ccc12. The third-order valence-electron chi connectivity index (χ3n) is 1.99. The predicted molar refractivity (Wildman–Crippen MR) is 53.1 cm³/mol. The van der Waals surface area contributed by atoms with Crippen molar-refractivity contribution < 1.29 is 17.4 Å². The molecule has 7 heteroatoms. The summed E-state index contributed by atoms with van der Waals surface area (Å²) in [6, 6.07) is 2.54. The fraction of sp³-hybridized carbons (Fsp3) is 0. The summed E-state index contributed by atoms with van der Waals surface area (Å²) in [5.41, 5.74) is -0.0462. The van der Waals surface area contributed by atoms with Crippen molar-refractivity contribution in [1.82, 2.24) is 4.98 Å². The Morgan fingerprint density at radius 3 is 2.67 bits per heavy atom. The summed E-state index contributed by atoms with van der Waals surface area (Å²) in [5.74, 6) is -0.746. The van der Waals surface area contributed by atoms with E-state index in [2.05, 4.69) is 4.98 Å². The first-order valence-corrected chi connectivity index (χ1v) is 5.65. The molecule has 0 radical (unpaired) electrons. The van der Waals surface area contributed by atoms with Gasteiger partial charge in [0.25, 0.3) is 10.1 Å². The maximum Gasteiger partial charge on any atom is 0.296 e. The van der Waals surface area contributed by atoms with Gasteiger partial charge in [-0.25, -0.2) is 4.39 Å². The van der Waals surface area contributed by atoms with Crippen LogP contribution in [0.1, 0.15) is 0 Å². The van der Waals surface area contributed by atoms with Gasteiger partial charge in [0, 0.05) is 11.6 Å². The lowest BCUT2D eigenvalue weighted by atomic mass is 10.2. The van der Waals surface area contributed by atoms with Gasteiger partial charge in [-0.05, 0) is 12.1 Å². The number of fused-ring (bicyclic) bond motifs is 1. The molecule has 2 aromatic rings. The highest BCUT2D eigenvalue weighted by Gasteiger charge is 2.18. The Bertz CT molecular complexity index is 635. The van der Waals surface area contributed by atoms with E-state index in [-0.39, 0.29) is 20.8 Å². The average Bonchev–Trinajstić information content (AvgIpc) is 2.54. The minimum atomic E-state index is -4.36. The predicted octanol–water partition coefficient (Wildman–Crippen LogP) is 2.21. The Hall–Kier alpha value is -1.11. The van der Waals surface area contributed by atoms with Gasteiger partial charge in [0.15, 0.2) is 5.82 Å². The molecule has 2 rings (SSSR count). The first-order valence-electron chi connectivity index (χ1n) is 3.84. The summed E-state index contributed by atoms with van der Waals surface area (Å²) in [6.45, 7) is 0. The van der Waals surface area contributed by atoms with Crippen LogP contribution in [0.4, 0.5) is 4.39 Å². The Balaban J connectivity index is 2.90. The van der Waals surface area contributed by atoms with Crippen LogP contribution < -0.4 is 0 Å². The minimum Gasteiger partial charge on any atom is -0.357 e. The highest BCUT2D eigenvalue weighted by molar-refractivity contribution is 7.86. The van der Waals surface area contributed by atoms with E-state index in [4.69, 9.17) is 16.2 Å². The number of halogens is 2. The van der Waals surface area contributed by atoms with Crippen molar-refractivity contribution in [3.8, 4) is 0 Å². The van der Waals surface area contributed by atoms with Crippen molar-refractivity contribution in [2.45, 2.75) is 4.90 Å². The zero-order valence-corrected chi connectivity index (χ0v) is 8.73. The van der Waals surface area contributed by atoms with Gasteiger partial charge in [0.2, 0.25) is 0 Å². The fourth-order valence-electron chi connectivity index (χ4n) is 1.33. The summed E-state index contributed by atoms with van der Waals surface area (Å²) in [4.78, 5) is 2.04. The minimum absolute atomic E-state index is 0.0462. The molecule has 15 heavy (non-hydrogen) atoms. The van der Waals surface area contributed by atoms with Crippen LogP contribution in [0.2, 0.25) is 5.02 Å². The molecule has 0 aliphatic rings. The summed E-state index contributed by atoms with van der Waals surface area (Å²) in [6.07, 6.45) is 1.01. The fourth-order valence-corrected chi connectivity index (χ4v) is 2.14.